The van der Waals surface area contributed by atoms with Crippen LogP contribution in [0.3, 0.4) is 0 Å². The third kappa shape index (κ3) is 2.99. The molecule has 2 nitrogen and oxygen atoms in total. The van der Waals surface area contributed by atoms with Gasteiger partial charge in [-0.3, -0.25) is 4.79 Å². The molecule has 0 saturated heterocycles. The van der Waals surface area contributed by atoms with Gasteiger partial charge in [-0.2, -0.15) is 0 Å². The van der Waals surface area contributed by atoms with Crippen LogP contribution in [0.4, 0.5) is 10.1 Å². The SMILES string of the molecule is CCCc1ccc(C(=O)c2ccc(F)c(N)c2)cc1. The minimum Gasteiger partial charge on any atom is -0.396 e. The Morgan fingerprint density at radius 2 is 1.74 bits per heavy atom. The van der Waals surface area contributed by atoms with E-state index in [1.54, 1.807) is 12.1 Å². The molecule has 0 aliphatic carbocycles. The van der Waals surface area contributed by atoms with Gasteiger partial charge < -0.3 is 5.73 Å². The molecule has 0 heterocycles. The Morgan fingerprint density at radius 3 is 2.32 bits per heavy atom. The number of aryl methyl sites for hydroxylation is 1. The number of anilines is 1. The molecule has 0 bridgehead atoms. The van der Waals surface area contributed by atoms with E-state index in [0.29, 0.717) is 11.1 Å². The van der Waals surface area contributed by atoms with Crippen LogP contribution in [-0.4, -0.2) is 5.78 Å². The summed E-state index contributed by atoms with van der Waals surface area (Å²) in [4.78, 5) is 12.2. The molecule has 0 fully saturated rings. The van der Waals surface area contributed by atoms with E-state index in [0.717, 1.165) is 12.8 Å². The zero-order chi connectivity index (χ0) is 13.8. The molecular weight excluding hydrogens is 241 g/mol. The number of hydrogen-bond donors (Lipinski definition) is 1. The van der Waals surface area contributed by atoms with Crippen molar-refractivity contribution in [2.75, 3.05) is 5.73 Å². The normalized spacial score (nSPS) is 10.4. The van der Waals surface area contributed by atoms with E-state index in [2.05, 4.69) is 6.92 Å². The van der Waals surface area contributed by atoms with Crippen molar-refractivity contribution in [2.24, 2.45) is 0 Å². The minimum atomic E-state index is -0.505. The van der Waals surface area contributed by atoms with Gasteiger partial charge >= 0.3 is 0 Å². The Bertz CT molecular complexity index is 590. The van der Waals surface area contributed by atoms with Gasteiger partial charge in [0.15, 0.2) is 5.78 Å². The van der Waals surface area contributed by atoms with Gasteiger partial charge in [-0.05, 0) is 30.2 Å². The van der Waals surface area contributed by atoms with E-state index < -0.39 is 5.82 Å². The van der Waals surface area contributed by atoms with Crippen molar-refractivity contribution in [1.29, 1.82) is 0 Å². The molecule has 0 aliphatic rings. The fourth-order valence-electron chi connectivity index (χ4n) is 1.96. The fraction of sp³-hybridized carbons (Fsp3) is 0.188. The molecule has 2 aromatic rings. The second-order valence-electron chi connectivity index (χ2n) is 4.51. The second kappa shape index (κ2) is 5.65. The number of nitrogen functional groups attached to an aromatic ring is 1. The number of nitrogens with two attached hydrogens (primary N) is 1. The number of halogens is 1. The maximum atomic E-state index is 13.1. The molecule has 0 radical (unpaired) electrons. The van der Waals surface area contributed by atoms with Crippen molar-refractivity contribution in [2.45, 2.75) is 19.8 Å². The van der Waals surface area contributed by atoms with Crippen molar-refractivity contribution in [3.05, 3.63) is 65.0 Å². The highest BCUT2D eigenvalue weighted by Gasteiger charge is 2.10. The number of carbonyl (C=O) groups excluding carboxylic acids is 1. The average Bonchev–Trinajstić information content (AvgIpc) is 2.42. The Hall–Kier alpha value is -2.16. The van der Waals surface area contributed by atoms with E-state index in [-0.39, 0.29) is 11.5 Å². The lowest BCUT2D eigenvalue weighted by molar-refractivity contribution is 0.103. The maximum Gasteiger partial charge on any atom is 0.193 e. The predicted octanol–water partition coefficient (Wildman–Crippen LogP) is 3.59. The van der Waals surface area contributed by atoms with Crippen LogP contribution in [0.2, 0.25) is 0 Å². The van der Waals surface area contributed by atoms with Gasteiger partial charge in [0.05, 0.1) is 5.69 Å². The second-order valence-corrected chi connectivity index (χ2v) is 4.51. The highest BCUT2D eigenvalue weighted by Crippen LogP contribution is 2.16. The van der Waals surface area contributed by atoms with Crippen molar-refractivity contribution >= 4 is 11.5 Å². The summed E-state index contributed by atoms with van der Waals surface area (Å²) < 4.78 is 13.1. The Labute approximate surface area is 112 Å². The number of hydrogen-bond acceptors (Lipinski definition) is 2. The van der Waals surface area contributed by atoms with Crippen molar-refractivity contribution < 1.29 is 9.18 Å². The van der Waals surface area contributed by atoms with Gasteiger partial charge in [0, 0.05) is 11.1 Å². The number of carbonyl (C=O) groups is 1. The predicted molar refractivity (Wildman–Crippen MR) is 74.7 cm³/mol. The summed E-state index contributed by atoms with van der Waals surface area (Å²) >= 11 is 0. The van der Waals surface area contributed by atoms with Crippen LogP contribution in [0.1, 0.15) is 34.8 Å². The molecule has 3 heteroatoms. The lowest BCUT2D eigenvalue weighted by Gasteiger charge is -2.04. The van der Waals surface area contributed by atoms with Gasteiger partial charge in [-0.15, -0.1) is 0 Å². The molecule has 0 aromatic heterocycles. The third-order valence-corrected chi connectivity index (χ3v) is 3.01. The lowest BCUT2D eigenvalue weighted by Crippen LogP contribution is -2.03. The number of ketones is 1. The molecule has 2 rings (SSSR count). The standard InChI is InChI=1S/C16H16FNO/c1-2-3-11-4-6-12(7-5-11)16(19)13-8-9-14(17)15(18)10-13/h4-10H,2-3,18H2,1H3. The number of rotatable bonds is 4. The zero-order valence-corrected chi connectivity index (χ0v) is 10.8. The van der Waals surface area contributed by atoms with E-state index in [1.165, 1.54) is 23.8 Å². The Kier molecular flexibility index (Phi) is 3.95. The third-order valence-electron chi connectivity index (χ3n) is 3.01. The topological polar surface area (TPSA) is 43.1 Å². The first kappa shape index (κ1) is 13.3. The fourth-order valence-corrected chi connectivity index (χ4v) is 1.96. The molecule has 0 saturated carbocycles. The highest BCUT2D eigenvalue weighted by molar-refractivity contribution is 6.09. The molecule has 0 unspecified atom stereocenters. The summed E-state index contributed by atoms with van der Waals surface area (Å²) in [6, 6.07) is 11.5. The Balaban J connectivity index is 2.25. The van der Waals surface area contributed by atoms with Crippen LogP contribution < -0.4 is 5.73 Å². The minimum absolute atomic E-state index is 0.00606. The van der Waals surface area contributed by atoms with E-state index in [4.69, 9.17) is 5.73 Å². The molecule has 2 aromatic carbocycles. The van der Waals surface area contributed by atoms with Crippen LogP contribution in [0.15, 0.2) is 42.5 Å². The van der Waals surface area contributed by atoms with Gasteiger partial charge in [0.1, 0.15) is 5.82 Å². The molecule has 2 N–H and O–H groups in total. The first-order valence-electron chi connectivity index (χ1n) is 6.30. The first-order chi connectivity index (χ1) is 9.11. The molecule has 0 amide bonds. The Morgan fingerprint density at radius 1 is 1.11 bits per heavy atom. The maximum absolute atomic E-state index is 13.1. The van der Waals surface area contributed by atoms with Gasteiger partial charge in [0.2, 0.25) is 0 Å². The lowest BCUT2D eigenvalue weighted by atomic mass is 10.0. The van der Waals surface area contributed by atoms with E-state index in [9.17, 15) is 9.18 Å². The van der Waals surface area contributed by atoms with Gasteiger partial charge in [-0.1, -0.05) is 37.6 Å². The molecule has 19 heavy (non-hydrogen) atoms. The summed E-state index contributed by atoms with van der Waals surface area (Å²) in [6.45, 7) is 2.11. The van der Waals surface area contributed by atoms with E-state index in [1.807, 2.05) is 12.1 Å². The van der Waals surface area contributed by atoms with Crippen molar-refractivity contribution in [3.63, 3.8) is 0 Å². The molecule has 0 spiro atoms. The van der Waals surface area contributed by atoms with Crippen molar-refractivity contribution in [3.8, 4) is 0 Å². The largest absolute Gasteiger partial charge is 0.396 e. The summed E-state index contributed by atoms with van der Waals surface area (Å²) in [5, 5.41) is 0. The van der Waals surface area contributed by atoms with Crippen molar-refractivity contribution in [1.82, 2.24) is 0 Å². The summed E-state index contributed by atoms with van der Waals surface area (Å²) in [5.74, 6) is -0.649. The smallest absolute Gasteiger partial charge is 0.193 e. The molecule has 98 valence electrons. The molecular formula is C16H16FNO. The zero-order valence-electron chi connectivity index (χ0n) is 10.8. The van der Waals surface area contributed by atoms with Crippen LogP contribution in [-0.2, 0) is 6.42 Å². The van der Waals surface area contributed by atoms with Crippen LogP contribution in [0, 0.1) is 5.82 Å². The molecule has 0 atom stereocenters. The summed E-state index contributed by atoms with van der Waals surface area (Å²) in [7, 11) is 0. The van der Waals surface area contributed by atoms with Gasteiger partial charge in [-0.25, -0.2) is 4.39 Å². The van der Waals surface area contributed by atoms with E-state index >= 15 is 0 Å². The quantitative estimate of drug-likeness (QED) is 0.672. The number of benzene rings is 2. The monoisotopic (exact) mass is 257 g/mol. The highest BCUT2D eigenvalue weighted by atomic mass is 19.1. The van der Waals surface area contributed by atoms with Gasteiger partial charge in [0.25, 0.3) is 0 Å². The van der Waals surface area contributed by atoms with Crippen LogP contribution in [0.25, 0.3) is 0 Å². The average molecular weight is 257 g/mol. The first-order valence-corrected chi connectivity index (χ1v) is 6.30. The van der Waals surface area contributed by atoms with Crippen LogP contribution >= 0.6 is 0 Å². The summed E-state index contributed by atoms with van der Waals surface area (Å²) in [6.07, 6.45) is 2.07. The summed E-state index contributed by atoms with van der Waals surface area (Å²) in [5.41, 5.74) is 7.67. The van der Waals surface area contributed by atoms with Crippen LogP contribution in [0.5, 0.6) is 0 Å². The molecule has 0 aliphatic heterocycles.